The van der Waals surface area contributed by atoms with Crippen LogP contribution in [-0.4, -0.2) is 75.8 Å². The largest absolute Gasteiger partial charge is 0.372 e. The van der Waals surface area contributed by atoms with Crippen molar-refractivity contribution in [3.8, 4) is 11.4 Å². The Hall–Kier alpha value is -2.32. The van der Waals surface area contributed by atoms with Gasteiger partial charge in [-0.05, 0) is 26.0 Å². The molecule has 2 aromatic rings. The van der Waals surface area contributed by atoms with E-state index in [4.69, 9.17) is 9.26 Å². The molecule has 0 saturated carbocycles. The highest BCUT2D eigenvalue weighted by Gasteiger charge is 2.35. The number of rotatable bonds is 4. The van der Waals surface area contributed by atoms with Crippen molar-refractivity contribution in [3.63, 3.8) is 0 Å². The number of carbonyl (C=O) groups excluding carboxylic acids is 1. The smallest absolute Gasteiger partial charge is 0.236 e. The molecule has 0 spiro atoms. The molecule has 0 aliphatic carbocycles. The van der Waals surface area contributed by atoms with Gasteiger partial charge >= 0.3 is 0 Å². The van der Waals surface area contributed by atoms with Crippen LogP contribution in [0.1, 0.15) is 25.7 Å². The third-order valence-electron chi connectivity index (χ3n) is 4.80. The van der Waals surface area contributed by atoms with Gasteiger partial charge in [0.15, 0.2) is 0 Å². The van der Waals surface area contributed by atoms with Gasteiger partial charge in [-0.2, -0.15) is 4.98 Å². The molecule has 2 saturated heterocycles. The van der Waals surface area contributed by atoms with Crippen LogP contribution in [0.4, 0.5) is 0 Å². The average Bonchev–Trinajstić information content (AvgIpc) is 3.07. The van der Waals surface area contributed by atoms with Gasteiger partial charge < -0.3 is 14.2 Å². The van der Waals surface area contributed by atoms with E-state index in [9.17, 15) is 4.79 Å². The maximum atomic E-state index is 12.5. The lowest BCUT2D eigenvalue weighted by atomic mass is 10.00. The lowest BCUT2D eigenvalue weighted by Crippen LogP contribution is -2.54. The van der Waals surface area contributed by atoms with Crippen molar-refractivity contribution in [2.24, 2.45) is 0 Å². The predicted molar refractivity (Wildman–Crippen MR) is 93.3 cm³/mol. The summed E-state index contributed by atoms with van der Waals surface area (Å²) in [6.45, 7) is 7.29. The van der Waals surface area contributed by atoms with E-state index in [-0.39, 0.29) is 24.0 Å². The average molecular weight is 357 g/mol. The molecular weight excluding hydrogens is 334 g/mol. The molecule has 0 aromatic carbocycles. The Morgan fingerprint density at radius 3 is 2.69 bits per heavy atom. The molecule has 138 valence electrons. The Kier molecular flexibility index (Phi) is 4.69. The Bertz CT molecular complexity index is 749. The first-order valence-corrected chi connectivity index (χ1v) is 8.98. The zero-order valence-electron chi connectivity index (χ0n) is 15.0. The minimum atomic E-state index is 0.0936. The van der Waals surface area contributed by atoms with E-state index in [0.717, 1.165) is 18.7 Å². The summed E-state index contributed by atoms with van der Waals surface area (Å²) < 4.78 is 11.1. The van der Waals surface area contributed by atoms with Crippen molar-refractivity contribution in [2.45, 2.75) is 32.0 Å². The molecule has 4 rings (SSSR count). The van der Waals surface area contributed by atoms with Crippen molar-refractivity contribution in [1.29, 1.82) is 0 Å². The number of morpholine rings is 1. The van der Waals surface area contributed by atoms with Crippen LogP contribution < -0.4 is 0 Å². The summed E-state index contributed by atoms with van der Waals surface area (Å²) in [6.07, 6.45) is 3.61. The zero-order valence-corrected chi connectivity index (χ0v) is 15.0. The Morgan fingerprint density at radius 1 is 1.23 bits per heavy atom. The summed E-state index contributed by atoms with van der Waals surface area (Å²) in [5, 5.41) is 4.03. The fraction of sp³-hybridized carbons (Fsp3) is 0.556. The normalized spacial score (nSPS) is 24.5. The highest BCUT2D eigenvalue weighted by Crippen LogP contribution is 2.27. The van der Waals surface area contributed by atoms with Gasteiger partial charge in [0, 0.05) is 44.1 Å². The van der Waals surface area contributed by atoms with E-state index in [1.807, 2.05) is 30.9 Å². The van der Waals surface area contributed by atoms with E-state index >= 15 is 0 Å². The van der Waals surface area contributed by atoms with Crippen molar-refractivity contribution in [2.75, 3.05) is 32.7 Å². The van der Waals surface area contributed by atoms with E-state index in [0.29, 0.717) is 31.3 Å². The number of carbonyl (C=O) groups is 1. The molecule has 2 unspecified atom stereocenters. The van der Waals surface area contributed by atoms with Crippen LogP contribution in [0.2, 0.25) is 0 Å². The molecule has 2 atom stereocenters. The maximum Gasteiger partial charge on any atom is 0.236 e. The number of pyridine rings is 1. The number of aromatic nitrogens is 3. The van der Waals surface area contributed by atoms with E-state index in [2.05, 4.69) is 20.0 Å². The molecule has 0 bridgehead atoms. The molecular formula is C18H23N5O3. The van der Waals surface area contributed by atoms with Gasteiger partial charge in [0.05, 0.1) is 24.7 Å². The number of ether oxygens (including phenoxy) is 1. The zero-order chi connectivity index (χ0) is 18.1. The lowest BCUT2D eigenvalue weighted by molar-refractivity contribution is -0.145. The van der Waals surface area contributed by atoms with Crippen LogP contribution in [0, 0.1) is 0 Å². The maximum absolute atomic E-state index is 12.5. The monoisotopic (exact) mass is 357 g/mol. The van der Waals surface area contributed by atoms with Crippen molar-refractivity contribution >= 4 is 5.91 Å². The fourth-order valence-corrected chi connectivity index (χ4v) is 3.54. The molecule has 2 fully saturated rings. The van der Waals surface area contributed by atoms with Crippen LogP contribution in [-0.2, 0) is 9.53 Å². The van der Waals surface area contributed by atoms with Crippen molar-refractivity contribution in [1.82, 2.24) is 24.9 Å². The molecule has 26 heavy (non-hydrogen) atoms. The van der Waals surface area contributed by atoms with Gasteiger partial charge in [-0.1, -0.05) is 5.16 Å². The number of amides is 1. The summed E-state index contributed by atoms with van der Waals surface area (Å²) in [5.41, 5.74) is 0.837. The summed E-state index contributed by atoms with van der Waals surface area (Å²) in [6, 6.07) is 3.74. The lowest BCUT2D eigenvalue weighted by Gasteiger charge is -2.40. The molecule has 2 aliphatic rings. The number of nitrogens with zero attached hydrogens (tertiary/aromatic N) is 5. The molecule has 2 aromatic heterocycles. The highest BCUT2D eigenvalue weighted by molar-refractivity contribution is 5.78. The second-order valence-electron chi connectivity index (χ2n) is 7.14. The topological polar surface area (TPSA) is 84.6 Å². The molecule has 1 amide bonds. The minimum Gasteiger partial charge on any atom is -0.372 e. The molecule has 2 aliphatic heterocycles. The van der Waals surface area contributed by atoms with Crippen LogP contribution in [0.5, 0.6) is 0 Å². The van der Waals surface area contributed by atoms with Gasteiger partial charge in [-0.3, -0.25) is 14.7 Å². The van der Waals surface area contributed by atoms with E-state index in [1.54, 1.807) is 12.4 Å². The SMILES string of the molecule is CC1CN(C(=O)CN2CC(c3nc(-c4cccnc4)no3)C2)CC(C)O1. The highest BCUT2D eigenvalue weighted by atomic mass is 16.5. The van der Waals surface area contributed by atoms with Crippen molar-refractivity contribution < 1.29 is 14.1 Å². The van der Waals surface area contributed by atoms with Crippen LogP contribution in [0.15, 0.2) is 29.0 Å². The Morgan fingerprint density at radius 2 is 2.00 bits per heavy atom. The fourth-order valence-electron chi connectivity index (χ4n) is 3.54. The quantitative estimate of drug-likeness (QED) is 0.812. The number of likely N-dealkylation sites (tertiary alicyclic amines) is 1. The van der Waals surface area contributed by atoms with Gasteiger partial charge in [0.2, 0.25) is 17.6 Å². The number of hydrogen-bond acceptors (Lipinski definition) is 7. The van der Waals surface area contributed by atoms with E-state index < -0.39 is 0 Å². The first-order chi connectivity index (χ1) is 12.6. The first-order valence-electron chi connectivity index (χ1n) is 8.98. The minimum absolute atomic E-state index is 0.0936. The second kappa shape index (κ2) is 7.13. The molecule has 0 N–H and O–H groups in total. The van der Waals surface area contributed by atoms with Gasteiger partial charge in [-0.25, -0.2) is 0 Å². The third-order valence-corrected chi connectivity index (χ3v) is 4.80. The molecule has 8 nitrogen and oxygen atoms in total. The van der Waals surface area contributed by atoms with Crippen molar-refractivity contribution in [3.05, 3.63) is 30.4 Å². The van der Waals surface area contributed by atoms with Crippen LogP contribution >= 0.6 is 0 Å². The molecule has 4 heterocycles. The summed E-state index contributed by atoms with van der Waals surface area (Å²) in [7, 11) is 0. The Labute approximate surface area is 152 Å². The molecule has 0 radical (unpaired) electrons. The van der Waals surface area contributed by atoms with Gasteiger partial charge in [0.1, 0.15) is 0 Å². The summed E-state index contributed by atoms with van der Waals surface area (Å²) in [5.74, 6) is 1.52. The van der Waals surface area contributed by atoms with Crippen LogP contribution in [0.3, 0.4) is 0 Å². The predicted octanol–water partition coefficient (Wildman–Crippen LogP) is 1.17. The standard InChI is InChI=1S/C18H23N5O3/c1-12-7-23(8-13(2)25-12)16(24)11-22-9-15(10-22)18-20-17(21-26-18)14-4-3-5-19-6-14/h3-6,12-13,15H,7-11H2,1-2H3. The number of hydrogen-bond donors (Lipinski definition) is 0. The van der Waals surface area contributed by atoms with E-state index in [1.165, 1.54) is 0 Å². The van der Waals surface area contributed by atoms with Gasteiger partial charge in [0.25, 0.3) is 0 Å². The Balaban J connectivity index is 1.29. The summed E-state index contributed by atoms with van der Waals surface area (Å²) >= 11 is 0. The molecule has 8 heteroatoms. The first kappa shape index (κ1) is 17.1. The van der Waals surface area contributed by atoms with Gasteiger partial charge in [-0.15, -0.1) is 0 Å². The summed E-state index contributed by atoms with van der Waals surface area (Å²) in [4.78, 5) is 25.1. The second-order valence-corrected chi connectivity index (χ2v) is 7.14. The van der Waals surface area contributed by atoms with Crippen LogP contribution in [0.25, 0.3) is 11.4 Å². The third kappa shape index (κ3) is 3.61.